The van der Waals surface area contributed by atoms with Crippen LogP contribution in [0.5, 0.6) is 0 Å². The summed E-state index contributed by atoms with van der Waals surface area (Å²) in [6, 6.07) is 5.24. The van der Waals surface area contributed by atoms with Gasteiger partial charge in [-0.15, -0.1) is 0 Å². The van der Waals surface area contributed by atoms with Crippen LogP contribution in [0.1, 0.15) is 18.2 Å². The second-order valence-electron chi connectivity index (χ2n) is 4.80. The van der Waals surface area contributed by atoms with Crippen molar-refractivity contribution >= 4 is 11.8 Å². The highest BCUT2D eigenvalue weighted by Crippen LogP contribution is 2.25. The lowest BCUT2D eigenvalue weighted by atomic mass is 10.0. The van der Waals surface area contributed by atoms with Crippen molar-refractivity contribution in [2.24, 2.45) is 5.92 Å². The number of carboxylic acids is 1. The van der Waals surface area contributed by atoms with Crippen LogP contribution in [0.2, 0.25) is 0 Å². The van der Waals surface area contributed by atoms with Gasteiger partial charge in [0, 0.05) is 12.2 Å². The summed E-state index contributed by atoms with van der Waals surface area (Å²) in [4.78, 5) is 17.6. The fraction of sp³-hybridized carbons (Fsp3) is 0.500. The van der Waals surface area contributed by atoms with Gasteiger partial charge in [0.15, 0.2) is 0 Å². The standard InChI is InChI=1S/C14H17N3O3/c1-3-17(12-8-20-7-11(12)14(18)19)13-5-10(6-15)4-9(2)16-13/h4-5,11-12H,3,7-8H2,1-2H3,(H,18,19). The zero-order valence-electron chi connectivity index (χ0n) is 11.5. The van der Waals surface area contributed by atoms with Gasteiger partial charge in [-0.25, -0.2) is 4.98 Å². The first-order chi connectivity index (χ1) is 9.56. The molecule has 6 nitrogen and oxygen atoms in total. The van der Waals surface area contributed by atoms with Crippen molar-refractivity contribution in [3.8, 4) is 6.07 Å². The number of anilines is 1. The summed E-state index contributed by atoms with van der Waals surface area (Å²) >= 11 is 0. The molecule has 0 aliphatic carbocycles. The van der Waals surface area contributed by atoms with E-state index in [9.17, 15) is 9.90 Å². The molecule has 0 saturated carbocycles. The topological polar surface area (TPSA) is 86.5 Å². The van der Waals surface area contributed by atoms with Gasteiger partial charge in [-0.3, -0.25) is 4.79 Å². The van der Waals surface area contributed by atoms with Crippen molar-refractivity contribution < 1.29 is 14.6 Å². The molecule has 106 valence electrons. The smallest absolute Gasteiger partial charge is 0.311 e. The van der Waals surface area contributed by atoms with Gasteiger partial charge in [-0.2, -0.15) is 5.26 Å². The Labute approximate surface area is 117 Å². The Balaban J connectivity index is 2.35. The van der Waals surface area contributed by atoms with Crippen LogP contribution in [0.15, 0.2) is 12.1 Å². The van der Waals surface area contributed by atoms with E-state index in [2.05, 4.69) is 11.1 Å². The van der Waals surface area contributed by atoms with Crippen molar-refractivity contribution in [2.75, 3.05) is 24.7 Å². The third-order valence-electron chi connectivity index (χ3n) is 3.47. The summed E-state index contributed by atoms with van der Waals surface area (Å²) in [6.45, 7) is 4.94. The number of aromatic nitrogens is 1. The normalized spacial score (nSPS) is 21.4. The average molecular weight is 275 g/mol. The van der Waals surface area contributed by atoms with E-state index in [0.717, 1.165) is 5.69 Å². The van der Waals surface area contributed by atoms with E-state index in [1.807, 2.05) is 18.7 Å². The van der Waals surface area contributed by atoms with E-state index in [1.165, 1.54) is 0 Å². The van der Waals surface area contributed by atoms with Gasteiger partial charge in [0.2, 0.25) is 0 Å². The van der Waals surface area contributed by atoms with Crippen molar-refractivity contribution in [3.63, 3.8) is 0 Å². The Hall–Kier alpha value is -2.13. The van der Waals surface area contributed by atoms with E-state index < -0.39 is 11.9 Å². The number of aryl methyl sites for hydroxylation is 1. The van der Waals surface area contributed by atoms with Gasteiger partial charge in [0.25, 0.3) is 0 Å². The zero-order chi connectivity index (χ0) is 14.7. The Bertz CT molecular complexity index is 553. The number of ether oxygens (including phenoxy) is 1. The summed E-state index contributed by atoms with van der Waals surface area (Å²) in [5, 5.41) is 18.3. The Morgan fingerprint density at radius 1 is 1.60 bits per heavy atom. The number of nitriles is 1. The van der Waals surface area contributed by atoms with Gasteiger partial charge in [-0.05, 0) is 26.0 Å². The average Bonchev–Trinajstić information content (AvgIpc) is 2.88. The van der Waals surface area contributed by atoms with Gasteiger partial charge in [-0.1, -0.05) is 0 Å². The summed E-state index contributed by atoms with van der Waals surface area (Å²) in [7, 11) is 0. The van der Waals surface area contributed by atoms with Crippen LogP contribution in [0, 0.1) is 24.2 Å². The molecule has 0 spiro atoms. The Kier molecular flexibility index (Phi) is 4.20. The monoisotopic (exact) mass is 275 g/mol. The molecule has 1 aliphatic heterocycles. The molecule has 1 N–H and O–H groups in total. The summed E-state index contributed by atoms with van der Waals surface area (Å²) in [6.07, 6.45) is 0. The molecule has 20 heavy (non-hydrogen) atoms. The van der Waals surface area contributed by atoms with E-state index in [-0.39, 0.29) is 12.6 Å². The Morgan fingerprint density at radius 2 is 2.35 bits per heavy atom. The molecule has 0 radical (unpaired) electrons. The van der Waals surface area contributed by atoms with Gasteiger partial charge >= 0.3 is 5.97 Å². The molecule has 1 aromatic rings. The summed E-state index contributed by atoms with van der Waals surface area (Å²) in [5.74, 6) is -0.798. The molecule has 0 amide bonds. The van der Waals surface area contributed by atoms with Crippen LogP contribution in [-0.4, -0.2) is 41.9 Å². The summed E-state index contributed by atoms with van der Waals surface area (Å²) in [5.41, 5.74) is 1.26. The number of hydrogen-bond acceptors (Lipinski definition) is 5. The number of rotatable bonds is 4. The van der Waals surface area contributed by atoms with Gasteiger partial charge in [0.05, 0.1) is 30.9 Å². The molecule has 2 heterocycles. The highest BCUT2D eigenvalue weighted by atomic mass is 16.5. The molecule has 2 rings (SSSR count). The lowest BCUT2D eigenvalue weighted by Gasteiger charge is -2.30. The largest absolute Gasteiger partial charge is 0.481 e. The molecule has 1 saturated heterocycles. The number of carboxylic acid groups (broad SMARTS) is 1. The molecule has 6 heteroatoms. The maximum absolute atomic E-state index is 11.3. The van der Waals surface area contributed by atoms with Crippen LogP contribution in [0.3, 0.4) is 0 Å². The molecule has 1 fully saturated rings. The second kappa shape index (κ2) is 5.88. The van der Waals surface area contributed by atoms with Gasteiger partial charge < -0.3 is 14.7 Å². The first-order valence-electron chi connectivity index (χ1n) is 6.52. The summed E-state index contributed by atoms with van der Waals surface area (Å²) < 4.78 is 5.31. The maximum atomic E-state index is 11.3. The molecule has 1 aromatic heterocycles. The van der Waals surface area contributed by atoms with Crippen LogP contribution < -0.4 is 4.90 Å². The molecule has 0 aromatic carbocycles. The number of pyridine rings is 1. The maximum Gasteiger partial charge on any atom is 0.311 e. The number of hydrogen-bond donors (Lipinski definition) is 1. The van der Waals surface area contributed by atoms with E-state index in [1.54, 1.807) is 12.1 Å². The van der Waals surface area contributed by atoms with Crippen molar-refractivity contribution in [1.29, 1.82) is 5.26 Å². The van der Waals surface area contributed by atoms with Crippen LogP contribution >= 0.6 is 0 Å². The van der Waals surface area contributed by atoms with Crippen LogP contribution in [0.4, 0.5) is 5.82 Å². The molecule has 1 aliphatic rings. The zero-order valence-corrected chi connectivity index (χ0v) is 11.5. The molecular formula is C14H17N3O3. The lowest BCUT2D eigenvalue weighted by Crippen LogP contribution is -2.43. The molecular weight excluding hydrogens is 258 g/mol. The lowest BCUT2D eigenvalue weighted by molar-refractivity contribution is -0.141. The molecule has 2 unspecified atom stereocenters. The van der Waals surface area contributed by atoms with E-state index in [4.69, 9.17) is 10.00 Å². The van der Waals surface area contributed by atoms with E-state index in [0.29, 0.717) is 24.5 Å². The first kappa shape index (κ1) is 14.3. The Morgan fingerprint density at radius 3 is 2.95 bits per heavy atom. The van der Waals surface area contributed by atoms with Crippen LogP contribution in [-0.2, 0) is 9.53 Å². The predicted molar refractivity (Wildman–Crippen MR) is 72.4 cm³/mol. The van der Waals surface area contributed by atoms with Gasteiger partial charge in [0.1, 0.15) is 11.7 Å². The van der Waals surface area contributed by atoms with Crippen molar-refractivity contribution in [1.82, 2.24) is 4.98 Å². The van der Waals surface area contributed by atoms with Crippen molar-refractivity contribution in [3.05, 3.63) is 23.4 Å². The highest BCUT2D eigenvalue weighted by Gasteiger charge is 2.38. The fourth-order valence-electron chi connectivity index (χ4n) is 2.52. The second-order valence-corrected chi connectivity index (χ2v) is 4.80. The minimum atomic E-state index is -0.862. The fourth-order valence-corrected chi connectivity index (χ4v) is 2.52. The third-order valence-corrected chi connectivity index (χ3v) is 3.47. The SMILES string of the molecule is CCN(c1cc(C#N)cc(C)n1)C1COCC1C(=O)O. The minimum absolute atomic E-state index is 0.216. The third kappa shape index (κ3) is 2.73. The quantitative estimate of drug-likeness (QED) is 0.888. The first-order valence-corrected chi connectivity index (χ1v) is 6.52. The number of aliphatic carboxylic acids is 1. The number of nitrogens with zero attached hydrogens (tertiary/aromatic N) is 3. The van der Waals surface area contributed by atoms with E-state index >= 15 is 0 Å². The number of carbonyl (C=O) groups is 1. The highest BCUT2D eigenvalue weighted by molar-refractivity contribution is 5.72. The van der Waals surface area contributed by atoms with Crippen LogP contribution in [0.25, 0.3) is 0 Å². The van der Waals surface area contributed by atoms with Crippen molar-refractivity contribution in [2.45, 2.75) is 19.9 Å². The molecule has 2 atom stereocenters. The minimum Gasteiger partial charge on any atom is -0.481 e. The predicted octanol–water partition coefficient (Wildman–Crippen LogP) is 1.19. The number of likely N-dealkylation sites (N-methyl/N-ethyl adjacent to an activating group) is 1. The molecule has 0 bridgehead atoms.